The van der Waals surface area contributed by atoms with Crippen LogP contribution in [0.2, 0.25) is 0 Å². The lowest BCUT2D eigenvalue weighted by atomic mass is 9.62. The average Bonchev–Trinajstić information content (AvgIpc) is 2.94. The van der Waals surface area contributed by atoms with E-state index in [0.717, 1.165) is 41.4 Å². The first-order chi connectivity index (χ1) is 18.1. The van der Waals surface area contributed by atoms with Crippen molar-refractivity contribution in [2.24, 2.45) is 41.4 Å². The Morgan fingerprint density at radius 3 is 1.59 bits per heavy atom. The van der Waals surface area contributed by atoms with E-state index in [1.54, 1.807) is 38.5 Å². The Morgan fingerprint density at radius 2 is 1.08 bits per heavy atom. The molecule has 3 fully saturated rings. The second-order valence-electron chi connectivity index (χ2n) is 14.1. The first kappa shape index (κ1) is 33.2. The van der Waals surface area contributed by atoms with E-state index in [0.29, 0.717) is 0 Å². The first-order valence-electron chi connectivity index (χ1n) is 18.1. The van der Waals surface area contributed by atoms with Crippen molar-refractivity contribution in [3.63, 3.8) is 0 Å². The minimum absolute atomic E-state index is 1.01. The van der Waals surface area contributed by atoms with Crippen molar-refractivity contribution in [2.75, 3.05) is 0 Å². The minimum Gasteiger partial charge on any atom is -0.0654 e. The molecule has 220 valence electrons. The Balaban J connectivity index is 0.000000364. The van der Waals surface area contributed by atoms with Crippen LogP contribution in [0, 0.1) is 41.4 Å². The molecule has 3 aliphatic rings. The highest BCUT2D eigenvalue weighted by atomic mass is 14.4. The van der Waals surface area contributed by atoms with E-state index in [9.17, 15) is 0 Å². The van der Waals surface area contributed by atoms with Crippen molar-refractivity contribution in [1.82, 2.24) is 0 Å². The standard InChI is InChI=1S/C26H50.C11H22/c1-5-9-10-12-17-25(24-15-13-11-14-16-24)20-21-18-22(6-2)26(8-4)23(7-3)19-21;1-11-9-7-5-3-2-4-6-8-10-11/h21-26H,5-20H2,1-4H3;11H,2-10H2,1H3. The molecule has 0 saturated heterocycles. The summed E-state index contributed by atoms with van der Waals surface area (Å²) < 4.78 is 0. The maximum Gasteiger partial charge on any atom is -0.0360 e. The zero-order valence-electron chi connectivity index (χ0n) is 26.7. The van der Waals surface area contributed by atoms with Gasteiger partial charge in [0.05, 0.1) is 0 Å². The number of hydrogen-bond acceptors (Lipinski definition) is 0. The van der Waals surface area contributed by atoms with E-state index in [4.69, 9.17) is 0 Å². The van der Waals surface area contributed by atoms with Gasteiger partial charge in [-0.25, -0.2) is 0 Å². The Labute approximate surface area is 236 Å². The lowest BCUT2D eigenvalue weighted by Gasteiger charge is -2.43. The zero-order valence-corrected chi connectivity index (χ0v) is 26.7. The van der Waals surface area contributed by atoms with E-state index in [1.165, 1.54) is 122 Å². The molecule has 0 aliphatic heterocycles. The highest BCUT2D eigenvalue weighted by Gasteiger charge is 2.36. The zero-order chi connectivity index (χ0) is 26.7. The van der Waals surface area contributed by atoms with Crippen molar-refractivity contribution in [1.29, 1.82) is 0 Å². The van der Waals surface area contributed by atoms with Gasteiger partial charge in [0.2, 0.25) is 0 Å². The van der Waals surface area contributed by atoms with Gasteiger partial charge < -0.3 is 0 Å². The van der Waals surface area contributed by atoms with E-state index in [-0.39, 0.29) is 0 Å². The molecule has 0 aromatic carbocycles. The van der Waals surface area contributed by atoms with Gasteiger partial charge in [0.15, 0.2) is 0 Å². The summed E-state index contributed by atoms with van der Waals surface area (Å²) in [5, 5.41) is 0. The molecule has 0 aromatic rings. The summed E-state index contributed by atoms with van der Waals surface area (Å²) in [6.07, 6.45) is 37.4. The van der Waals surface area contributed by atoms with E-state index < -0.39 is 0 Å². The fraction of sp³-hybridized carbons (Fsp3) is 1.00. The Morgan fingerprint density at radius 1 is 0.568 bits per heavy atom. The second-order valence-corrected chi connectivity index (χ2v) is 14.1. The van der Waals surface area contributed by atoms with Crippen LogP contribution in [0.3, 0.4) is 0 Å². The molecule has 0 N–H and O–H groups in total. The molecule has 0 heterocycles. The van der Waals surface area contributed by atoms with Crippen LogP contribution in [0.1, 0.15) is 195 Å². The van der Waals surface area contributed by atoms with Gasteiger partial charge in [-0.1, -0.05) is 176 Å². The molecule has 3 atom stereocenters. The molecule has 0 amide bonds. The van der Waals surface area contributed by atoms with Crippen molar-refractivity contribution in [2.45, 2.75) is 195 Å². The quantitative estimate of drug-likeness (QED) is 0.239. The van der Waals surface area contributed by atoms with Crippen LogP contribution in [-0.2, 0) is 0 Å². The van der Waals surface area contributed by atoms with Gasteiger partial charge in [0.25, 0.3) is 0 Å². The lowest BCUT2D eigenvalue weighted by molar-refractivity contribution is 0.0703. The Hall–Kier alpha value is 0. The Kier molecular flexibility index (Phi) is 18.7. The third-order valence-electron chi connectivity index (χ3n) is 11.3. The number of unbranched alkanes of at least 4 members (excludes halogenated alkanes) is 3. The van der Waals surface area contributed by atoms with Crippen LogP contribution < -0.4 is 0 Å². The van der Waals surface area contributed by atoms with E-state index in [2.05, 4.69) is 34.6 Å². The van der Waals surface area contributed by atoms with Gasteiger partial charge in [0, 0.05) is 0 Å². The third kappa shape index (κ3) is 13.3. The summed E-state index contributed by atoms with van der Waals surface area (Å²) in [5.74, 6) is 7.27. The average molecular weight is 517 g/mol. The number of hydrogen-bond donors (Lipinski definition) is 0. The summed E-state index contributed by atoms with van der Waals surface area (Å²) in [7, 11) is 0. The van der Waals surface area contributed by atoms with Gasteiger partial charge in [0.1, 0.15) is 0 Å². The van der Waals surface area contributed by atoms with Crippen LogP contribution in [0.4, 0.5) is 0 Å². The summed E-state index contributed by atoms with van der Waals surface area (Å²) in [6, 6.07) is 0. The maximum atomic E-state index is 2.46. The molecule has 3 aliphatic carbocycles. The molecule has 0 heteroatoms. The predicted octanol–water partition coefficient (Wildman–Crippen LogP) is 13.2. The monoisotopic (exact) mass is 517 g/mol. The summed E-state index contributed by atoms with van der Waals surface area (Å²) in [6.45, 7) is 12.1. The second kappa shape index (κ2) is 20.8. The van der Waals surface area contributed by atoms with Gasteiger partial charge in [-0.15, -0.1) is 0 Å². The third-order valence-corrected chi connectivity index (χ3v) is 11.3. The van der Waals surface area contributed by atoms with Crippen molar-refractivity contribution in [3.8, 4) is 0 Å². The van der Waals surface area contributed by atoms with Gasteiger partial charge in [-0.2, -0.15) is 0 Å². The van der Waals surface area contributed by atoms with Crippen molar-refractivity contribution < 1.29 is 0 Å². The molecular formula is C37H72. The minimum atomic E-state index is 1.01. The molecule has 3 saturated carbocycles. The molecule has 3 unspecified atom stereocenters. The largest absolute Gasteiger partial charge is 0.0654 e. The number of rotatable bonds is 11. The molecule has 0 aromatic heterocycles. The van der Waals surface area contributed by atoms with Crippen molar-refractivity contribution in [3.05, 3.63) is 0 Å². The fourth-order valence-corrected chi connectivity index (χ4v) is 8.91. The SMILES string of the molecule is CC1CCCCCCCCC1.CCCCCCC(CC1CC(CC)C(CC)C(CC)C1)C1CCCCC1. The Bertz CT molecular complexity index is 478. The van der Waals surface area contributed by atoms with Crippen LogP contribution in [0.25, 0.3) is 0 Å². The molecule has 37 heavy (non-hydrogen) atoms. The van der Waals surface area contributed by atoms with E-state index >= 15 is 0 Å². The summed E-state index contributed by atoms with van der Waals surface area (Å²) in [5.41, 5.74) is 0. The summed E-state index contributed by atoms with van der Waals surface area (Å²) in [4.78, 5) is 0. The van der Waals surface area contributed by atoms with Crippen molar-refractivity contribution >= 4 is 0 Å². The van der Waals surface area contributed by atoms with Crippen LogP contribution in [0.15, 0.2) is 0 Å². The lowest BCUT2D eigenvalue weighted by Crippen LogP contribution is -2.33. The van der Waals surface area contributed by atoms with Gasteiger partial charge >= 0.3 is 0 Å². The van der Waals surface area contributed by atoms with Crippen LogP contribution in [0.5, 0.6) is 0 Å². The molecule has 0 nitrogen and oxygen atoms in total. The fourth-order valence-electron chi connectivity index (χ4n) is 8.91. The van der Waals surface area contributed by atoms with Crippen LogP contribution in [-0.4, -0.2) is 0 Å². The molecule has 3 rings (SSSR count). The highest BCUT2D eigenvalue weighted by molar-refractivity contribution is 4.87. The first-order valence-corrected chi connectivity index (χ1v) is 18.1. The summed E-state index contributed by atoms with van der Waals surface area (Å²) >= 11 is 0. The highest BCUT2D eigenvalue weighted by Crippen LogP contribution is 2.47. The topological polar surface area (TPSA) is 0 Å². The molecule has 0 radical (unpaired) electrons. The van der Waals surface area contributed by atoms with Crippen LogP contribution >= 0.6 is 0 Å². The van der Waals surface area contributed by atoms with Gasteiger partial charge in [-0.05, 0) is 60.7 Å². The predicted molar refractivity (Wildman–Crippen MR) is 168 cm³/mol. The molecule has 0 spiro atoms. The normalized spacial score (nSPS) is 29.8. The molecular weight excluding hydrogens is 444 g/mol. The maximum absolute atomic E-state index is 2.46. The van der Waals surface area contributed by atoms with E-state index in [1.807, 2.05) is 0 Å². The smallest absolute Gasteiger partial charge is 0.0360 e. The van der Waals surface area contributed by atoms with Gasteiger partial charge in [-0.3, -0.25) is 0 Å². The molecule has 0 bridgehead atoms.